The molecular weight excluding hydrogens is 596 g/mol. The molecule has 1 saturated heterocycles. The number of Topliss-reactive ketones (excluding diaryl/α,β-unsaturated/α-hetero) is 2. The van der Waals surface area contributed by atoms with Crippen molar-refractivity contribution in [2.24, 2.45) is 11.8 Å². The summed E-state index contributed by atoms with van der Waals surface area (Å²) in [5.74, 6) is -8.48. The number of aromatic hydroxyl groups is 2. The van der Waals surface area contributed by atoms with E-state index in [0.717, 1.165) is 7.11 Å². The van der Waals surface area contributed by atoms with Crippen molar-refractivity contribution in [1.82, 2.24) is 0 Å². The Labute approximate surface area is 254 Å². The van der Waals surface area contributed by atoms with Gasteiger partial charge in [0.25, 0.3) is 11.2 Å². The van der Waals surface area contributed by atoms with Gasteiger partial charge in [0.15, 0.2) is 5.78 Å². The van der Waals surface area contributed by atoms with Crippen LogP contribution in [0.1, 0.15) is 42.6 Å². The molecule has 14 nitrogen and oxygen atoms in total. The Balaban J connectivity index is 1.39. The lowest BCUT2D eigenvalue weighted by molar-refractivity contribution is -0.192. The molecule has 2 aromatic rings. The Bertz CT molecular complexity index is 1790. The van der Waals surface area contributed by atoms with Gasteiger partial charge in [0.05, 0.1) is 12.7 Å². The van der Waals surface area contributed by atoms with Crippen LogP contribution >= 0.6 is 0 Å². The maximum atomic E-state index is 13.9. The summed E-state index contributed by atoms with van der Waals surface area (Å²) < 4.78 is 21.8. The number of ketones is 2. The molecule has 2 aromatic carbocycles. The Morgan fingerprint density at radius 3 is 2.11 bits per heavy atom. The summed E-state index contributed by atoms with van der Waals surface area (Å²) in [5, 5.41) is 67.8. The van der Waals surface area contributed by atoms with Gasteiger partial charge >= 0.3 is 11.9 Å². The number of rotatable bonds is 2. The Hall–Kier alpha value is -4.66. The van der Waals surface area contributed by atoms with Crippen molar-refractivity contribution in [1.29, 1.82) is 0 Å². The van der Waals surface area contributed by atoms with Crippen LogP contribution in [0.4, 0.5) is 0 Å². The van der Waals surface area contributed by atoms with Crippen molar-refractivity contribution in [2.45, 2.75) is 61.8 Å². The van der Waals surface area contributed by atoms with Gasteiger partial charge in [-0.1, -0.05) is 13.8 Å². The van der Waals surface area contributed by atoms with E-state index in [1.165, 1.54) is 31.2 Å². The second-order valence-electron chi connectivity index (χ2n) is 12.3. The predicted octanol–water partition coefficient (Wildman–Crippen LogP) is 0.679. The van der Waals surface area contributed by atoms with Gasteiger partial charge in [0, 0.05) is 17.5 Å². The molecule has 3 fully saturated rings. The standard InChI is InChI=1S/C31H28O14/c1-10-8-14(32)20-23(35)18-15(44-29(20,24(10)36)27(39)42-3)6-4-12(21(18)33)13-5-7-16-19(22(13)34)26(38)30(41)17-9-11(2)25(37)31(30,45-16)28(40)43-17/h4-7,10-11,17,24-25,33-37,41H,8-9H2,1-3H3/t10-,11+,17+,24-,25+,29+,30+,31-/m1/s1. The van der Waals surface area contributed by atoms with Gasteiger partial charge < -0.3 is 49.6 Å². The fourth-order valence-corrected chi connectivity index (χ4v) is 7.58. The number of fused-ring (bicyclic) bond motifs is 3. The van der Waals surface area contributed by atoms with Gasteiger partial charge in [0.2, 0.25) is 11.4 Å². The predicted molar refractivity (Wildman–Crippen MR) is 147 cm³/mol. The zero-order chi connectivity index (χ0) is 32.5. The van der Waals surface area contributed by atoms with Gasteiger partial charge in [-0.05, 0) is 42.5 Å². The van der Waals surface area contributed by atoms with Crippen molar-refractivity contribution in [2.75, 3.05) is 7.11 Å². The Morgan fingerprint density at radius 1 is 0.889 bits per heavy atom. The van der Waals surface area contributed by atoms with Crippen molar-refractivity contribution in [3.8, 4) is 34.1 Å². The number of aliphatic hydroxyl groups is 4. The molecule has 6 N–H and O–H groups in total. The first kappa shape index (κ1) is 29.1. The molecule has 45 heavy (non-hydrogen) atoms. The average Bonchev–Trinajstić information content (AvgIpc) is 3.15. The normalized spacial score (nSPS) is 36.1. The number of phenolic OH excluding ortho intramolecular Hbond substituents is 2. The number of phenols is 2. The second kappa shape index (κ2) is 8.96. The van der Waals surface area contributed by atoms with Crippen LogP contribution in [-0.2, 0) is 23.9 Å². The SMILES string of the molecule is COC(=O)[C@]12Oc3ccc(-c4ccc5c(c4O)C(=O)[C@@]4(O)[C@@H]6C[C@H](C)[C@H](O)[C@@]4(O5)C(=O)O6)c(O)c3C(O)=C1C(=O)C[C@@H](C)[C@H]2O. The smallest absolute Gasteiger partial charge is 0.358 e. The van der Waals surface area contributed by atoms with Gasteiger partial charge in [-0.2, -0.15) is 0 Å². The van der Waals surface area contributed by atoms with Crippen LogP contribution in [0.15, 0.2) is 29.8 Å². The highest BCUT2D eigenvalue weighted by molar-refractivity contribution is 6.16. The van der Waals surface area contributed by atoms with E-state index in [4.69, 9.17) is 18.9 Å². The molecule has 0 spiro atoms. The number of ether oxygens (including phenoxy) is 4. The van der Waals surface area contributed by atoms with Crippen LogP contribution in [0.2, 0.25) is 0 Å². The summed E-state index contributed by atoms with van der Waals surface area (Å²) in [7, 11) is 1.02. The molecule has 3 aliphatic heterocycles. The highest BCUT2D eigenvalue weighted by Crippen LogP contribution is 2.58. The third kappa shape index (κ3) is 3.13. The fraction of sp³-hybridized carbons (Fsp3) is 0.419. The largest absolute Gasteiger partial charge is 0.506 e. The van der Waals surface area contributed by atoms with Gasteiger partial charge in [-0.15, -0.1) is 0 Å². The molecule has 0 unspecified atom stereocenters. The number of carbonyl (C=O) groups excluding carboxylic acids is 4. The van der Waals surface area contributed by atoms with Crippen LogP contribution in [0.25, 0.3) is 16.9 Å². The third-order valence-corrected chi connectivity index (χ3v) is 9.89. The van der Waals surface area contributed by atoms with Crippen LogP contribution in [0.5, 0.6) is 23.0 Å². The summed E-state index contributed by atoms with van der Waals surface area (Å²) in [6.07, 6.45) is -4.90. The maximum absolute atomic E-state index is 13.9. The van der Waals surface area contributed by atoms with E-state index in [2.05, 4.69) is 0 Å². The summed E-state index contributed by atoms with van der Waals surface area (Å²) in [6.45, 7) is 3.13. The van der Waals surface area contributed by atoms with E-state index in [1.54, 1.807) is 6.92 Å². The molecule has 0 amide bonds. The molecule has 3 heterocycles. The van der Waals surface area contributed by atoms with E-state index in [-0.39, 0.29) is 35.5 Å². The lowest BCUT2D eigenvalue weighted by Crippen LogP contribution is -2.76. The first-order valence-electron chi connectivity index (χ1n) is 14.2. The monoisotopic (exact) mass is 624 g/mol. The first-order chi connectivity index (χ1) is 21.2. The minimum Gasteiger partial charge on any atom is -0.506 e. The minimum absolute atomic E-state index is 0.0607. The van der Waals surface area contributed by atoms with Crippen LogP contribution in [0, 0.1) is 11.8 Å². The molecule has 8 atom stereocenters. The van der Waals surface area contributed by atoms with Crippen molar-refractivity contribution in [3.05, 3.63) is 41.0 Å². The summed E-state index contributed by atoms with van der Waals surface area (Å²) >= 11 is 0. The lowest BCUT2D eigenvalue weighted by Gasteiger charge is -2.49. The van der Waals surface area contributed by atoms with Crippen LogP contribution < -0.4 is 9.47 Å². The molecule has 0 aromatic heterocycles. The van der Waals surface area contributed by atoms with Crippen LogP contribution in [-0.4, -0.2) is 96.4 Å². The molecule has 2 bridgehead atoms. The summed E-state index contributed by atoms with van der Waals surface area (Å²) in [5.41, 5.74) is -9.52. The molecule has 2 saturated carbocycles. The van der Waals surface area contributed by atoms with E-state index in [0.29, 0.717) is 0 Å². The van der Waals surface area contributed by atoms with Gasteiger partial charge in [-0.25, -0.2) is 9.59 Å². The average molecular weight is 625 g/mol. The molecular formula is C31H28O14. The van der Waals surface area contributed by atoms with E-state index >= 15 is 0 Å². The second-order valence-corrected chi connectivity index (χ2v) is 12.3. The highest BCUT2D eigenvalue weighted by Gasteiger charge is 2.81. The molecule has 5 aliphatic rings. The number of aliphatic hydroxyl groups excluding tert-OH is 3. The molecule has 2 aliphatic carbocycles. The van der Waals surface area contributed by atoms with Crippen molar-refractivity contribution in [3.63, 3.8) is 0 Å². The number of hydrogen-bond acceptors (Lipinski definition) is 14. The number of methoxy groups -OCH3 is 1. The van der Waals surface area contributed by atoms with E-state index in [9.17, 15) is 49.8 Å². The fourth-order valence-electron chi connectivity index (χ4n) is 7.58. The maximum Gasteiger partial charge on any atom is 0.358 e. The zero-order valence-corrected chi connectivity index (χ0v) is 24.1. The number of carbonyl (C=O) groups is 4. The van der Waals surface area contributed by atoms with Crippen LogP contribution in [0.3, 0.4) is 0 Å². The number of hydrogen-bond donors (Lipinski definition) is 6. The summed E-state index contributed by atoms with van der Waals surface area (Å²) in [4.78, 5) is 53.0. The molecule has 14 heteroatoms. The Morgan fingerprint density at radius 2 is 1.49 bits per heavy atom. The molecule has 7 rings (SSSR count). The lowest BCUT2D eigenvalue weighted by atomic mass is 9.62. The van der Waals surface area contributed by atoms with Crippen molar-refractivity contribution < 1.29 is 68.8 Å². The zero-order valence-electron chi connectivity index (χ0n) is 24.1. The first-order valence-corrected chi connectivity index (χ1v) is 14.2. The quantitative estimate of drug-likeness (QED) is 0.253. The molecule has 236 valence electrons. The topological polar surface area (TPSA) is 227 Å². The third-order valence-electron chi connectivity index (χ3n) is 9.89. The number of esters is 2. The van der Waals surface area contributed by atoms with Crippen molar-refractivity contribution >= 4 is 29.3 Å². The summed E-state index contributed by atoms with van der Waals surface area (Å²) in [6, 6.07) is 4.86. The number of benzene rings is 2. The highest BCUT2D eigenvalue weighted by atomic mass is 16.6. The van der Waals surface area contributed by atoms with Gasteiger partial charge in [0.1, 0.15) is 58.2 Å². The Kier molecular flexibility index (Phi) is 5.79. The van der Waals surface area contributed by atoms with E-state index in [1.807, 2.05) is 0 Å². The molecule has 0 radical (unpaired) electrons. The van der Waals surface area contributed by atoms with Gasteiger partial charge in [-0.3, -0.25) is 9.59 Å². The minimum atomic E-state index is -2.68. The van der Waals surface area contributed by atoms with E-state index < -0.39 is 104 Å².